The zero-order valence-corrected chi connectivity index (χ0v) is 15.4. The van der Waals surface area contributed by atoms with Crippen LogP contribution in [0.2, 0.25) is 5.02 Å². The van der Waals surface area contributed by atoms with Gasteiger partial charge in [-0.25, -0.2) is 8.42 Å². The van der Waals surface area contributed by atoms with E-state index < -0.39 is 10.0 Å². The minimum Gasteiger partial charge on any atom is -0.333 e. The van der Waals surface area contributed by atoms with Crippen LogP contribution in [0.15, 0.2) is 59.5 Å². The highest BCUT2D eigenvalue weighted by atomic mass is 35.5. The van der Waals surface area contributed by atoms with Gasteiger partial charge in [0, 0.05) is 36.3 Å². The van der Waals surface area contributed by atoms with Crippen LogP contribution in [0, 0.1) is 0 Å². The smallest absolute Gasteiger partial charge is 0.254 e. The number of piperazine rings is 1. The third kappa shape index (κ3) is 3.71. The molecule has 1 heterocycles. The molecule has 2 aromatic carbocycles. The van der Waals surface area contributed by atoms with Crippen molar-refractivity contribution < 1.29 is 13.2 Å². The molecule has 0 saturated carbocycles. The molecule has 1 amide bonds. The third-order valence-corrected chi connectivity index (χ3v) is 6.45. The maximum absolute atomic E-state index is 12.8. The highest BCUT2D eigenvalue weighted by molar-refractivity contribution is 7.89. The number of halogens is 1. The monoisotopic (exact) mass is 378 g/mol. The Hall–Kier alpha value is -1.89. The summed E-state index contributed by atoms with van der Waals surface area (Å²) in [5.74, 6) is -0.0726. The second kappa shape index (κ2) is 7.15. The summed E-state index contributed by atoms with van der Waals surface area (Å²) in [7, 11) is -3.59. The molecule has 7 heteroatoms. The molecule has 1 saturated heterocycles. The molecule has 0 spiro atoms. The number of benzene rings is 2. The van der Waals surface area contributed by atoms with E-state index in [4.69, 9.17) is 11.6 Å². The Labute approximate surface area is 152 Å². The summed E-state index contributed by atoms with van der Waals surface area (Å²) in [4.78, 5) is 14.6. The molecule has 5 nitrogen and oxygen atoms in total. The van der Waals surface area contributed by atoms with Crippen molar-refractivity contribution >= 4 is 27.5 Å². The van der Waals surface area contributed by atoms with Crippen LogP contribution in [0.5, 0.6) is 0 Å². The van der Waals surface area contributed by atoms with Crippen molar-refractivity contribution in [3.63, 3.8) is 0 Å². The number of sulfonamides is 1. The van der Waals surface area contributed by atoms with Crippen molar-refractivity contribution in [1.29, 1.82) is 0 Å². The predicted octanol–water partition coefficient (Wildman–Crippen LogP) is 2.88. The first-order valence-electron chi connectivity index (χ1n) is 8.01. The largest absolute Gasteiger partial charge is 0.333 e. The van der Waals surface area contributed by atoms with Crippen molar-refractivity contribution in [3.8, 4) is 0 Å². The van der Waals surface area contributed by atoms with E-state index in [-0.39, 0.29) is 29.9 Å². The summed E-state index contributed by atoms with van der Waals surface area (Å²) in [5.41, 5.74) is 0.614. The van der Waals surface area contributed by atoms with Gasteiger partial charge in [0.05, 0.1) is 4.90 Å². The van der Waals surface area contributed by atoms with Crippen molar-refractivity contribution in [2.24, 2.45) is 0 Å². The Kier molecular flexibility index (Phi) is 5.13. The van der Waals surface area contributed by atoms with Crippen molar-refractivity contribution in [1.82, 2.24) is 9.21 Å². The molecule has 0 radical (unpaired) electrons. The van der Waals surface area contributed by atoms with Gasteiger partial charge in [-0.3, -0.25) is 4.79 Å². The molecule has 0 bridgehead atoms. The number of hydrogen-bond acceptors (Lipinski definition) is 3. The highest BCUT2D eigenvalue weighted by Crippen LogP contribution is 2.22. The second-order valence-corrected chi connectivity index (χ2v) is 8.40. The summed E-state index contributed by atoms with van der Waals surface area (Å²) in [6.45, 7) is 2.77. The first-order chi connectivity index (χ1) is 11.9. The zero-order chi connectivity index (χ0) is 18.0. The quantitative estimate of drug-likeness (QED) is 0.825. The Balaban J connectivity index is 1.75. The van der Waals surface area contributed by atoms with E-state index >= 15 is 0 Å². The molecular formula is C18H19ClN2O3S. The molecule has 1 aliphatic rings. The zero-order valence-electron chi connectivity index (χ0n) is 13.8. The number of carbonyl (C=O) groups excluding carboxylic acids is 1. The van der Waals surface area contributed by atoms with Crippen molar-refractivity contribution in [2.45, 2.75) is 17.9 Å². The maximum atomic E-state index is 12.8. The van der Waals surface area contributed by atoms with Gasteiger partial charge < -0.3 is 4.90 Å². The summed E-state index contributed by atoms with van der Waals surface area (Å²) in [6, 6.07) is 15.0. The van der Waals surface area contributed by atoms with E-state index in [1.807, 2.05) is 25.1 Å². The fraction of sp³-hybridized carbons (Fsp3) is 0.278. The molecule has 25 heavy (non-hydrogen) atoms. The molecule has 132 valence electrons. The highest BCUT2D eigenvalue weighted by Gasteiger charge is 2.34. The Morgan fingerprint density at radius 1 is 1.04 bits per heavy atom. The second-order valence-electron chi connectivity index (χ2n) is 6.03. The summed E-state index contributed by atoms with van der Waals surface area (Å²) >= 11 is 5.83. The SMILES string of the molecule is C[C@H]1CN(S(=O)(=O)c2ccc(Cl)cc2)CCN1C(=O)c1ccccc1. The van der Waals surface area contributed by atoms with Crippen LogP contribution in [-0.4, -0.2) is 49.2 Å². The molecule has 0 aromatic heterocycles. The van der Waals surface area contributed by atoms with E-state index in [1.54, 1.807) is 29.2 Å². The molecule has 2 aromatic rings. The van der Waals surface area contributed by atoms with E-state index in [9.17, 15) is 13.2 Å². The van der Waals surface area contributed by atoms with Gasteiger partial charge in [-0.15, -0.1) is 0 Å². The summed E-state index contributed by atoms with van der Waals surface area (Å²) < 4.78 is 27.0. The van der Waals surface area contributed by atoms with Crippen molar-refractivity contribution in [3.05, 3.63) is 65.2 Å². The Morgan fingerprint density at radius 3 is 2.28 bits per heavy atom. The first kappa shape index (κ1) is 17.9. The molecule has 1 aliphatic heterocycles. The minimum absolute atomic E-state index is 0.0726. The number of carbonyl (C=O) groups is 1. The van der Waals surface area contributed by atoms with Gasteiger partial charge >= 0.3 is 0 Å². The van der Waals surface area contributed by atoms with E-state index in [1.165, 1.54) is 16.4 Å². The number of nitrogens with zero attached hydrogens (tertiary/aromatic N) is 2. The lowest BCUT2D eigenvalue weighted by Gasteiger charge is -2.39. The molecule has 0 unspecified atom stereocenters. The molecule has 3 rings (SSSR count). The average Bonchev–Trinajstić information content (AvgIpc) is 2.62. The molecule has 1 atom stereocenters. The lowest BCUT2D eigenvalue weighted by Crippen LogP contribution is -2.55. The standard InChI is InChI=1S/C18H19ClN2O3S/c1-14-13-20(25(23,24)17-9-7-16(19)8-10-17)11-12-21(14)18(22)15-5-3-2-4-6-15/h2-10,14H,11-13H2,1H3/t14-/m0/s1. The normalized spacial score (nSPS) is 19.0. The van der Waals surface area contributed by atoms with Crippen LogP contribution in [0.25, 0.3) is 0 Å². The van der Waals surface area contributed by atoms with Crippen LogP contribution >= 0.6 is 11.6 Å². The van der Waals surface area contributed by atoms with Gasteiger partial charge in [0.2, 0.25) is 10.0 Å². The van der Waals surface area contributed by atoms with Gasteiger partial charge in [-0.1, -0.05) is 29.8 Å². The molecule has 0 N–H and O–H groups in total. The van der Waals surface area contributed by atoms with E-state index in [0.29, 0.717) is 17.1 Å². The van der Waals surface area contributed by atoms with Crippen LogP contribution in [0.3, 0.4) is 0 Å². The van der Waals surface area contributed by atoms with Gasteiger partial charge in [0.25, 0.3) is 5.91 Å². The van der Waals surface area contributed by atoms with Gasteiger partial charge in [0.15, 0.2) is 0 Å². The van der Waals surface area contributed by atoms with Gasteiger partial charge in [0.1, 0.15) is 0 Å². The number of amides is 1. The predicted molar refractivity (Wildman–Crippen MR) is 97.2 cm³/mol. The average molecular weight is 379 g/mol. The Bertz CT molecular complexity index is 854. The Morgan fingerprint density at radius 2 is 1.68 bits per heavy atom. The first-order valence-corrected chi connectivity index (χ1v) is 9.83. The fourth-order valence-corrected chi connectivity index (χ4v) is 4.58. The number of rotatable bonds is 3. The summed E-state index contributed by atoms with van der Waals surface area (Å²) in [6.07, 6.45) is 0. The fourth-order valence-electron chi connectivity index (χ4n) is 2.95. The van der Waals surface area contributed by atoms with Crippen molar-refractivity contribution in [2.75, 3.05) is 19.6 Å². The third-order valence-electron chi connectivity index (χ3n) is 4.32. The lowest BCUT2D eigenvalue weighted by atomic mass is 10.1. The van der Waals surface area contributed by atoms with Crippen LogP contribution in [0.1, 0.15) is 17.3 Å². The molecule has 1 fully saturated rings. The molecule has 0 aliphatic carbocycles. The topological polar surface area (TPSA) is 57.7 Å². The summed E-state index contributed by atoms with van der Waals surface area (Å²) in [5, 5.41) is 0.491. The van der Waals surface area contributed by atoms with Crippen LogP contribution < -0.4 is 0 Å². The van der Waals surface area contributed by atoms with E-state index in [2.05, 4.69) is 0 Å². The lowest BCUT2D eigenvalue weighted by molar-refractivity contribution is 0.0591. The van der Waals surface area contributed by atoms with E-state index in [0.717, 1.165) is 0 Å². The van der Waals surface area contributed by atoms with Gasteiger partial charge in [-0.2, -0.15) is 4.31 Å². The maximum Gasteiger partial charge on any atom is 0.254 e. The molecular weight excluding hydrogens is 360 g/mol. The van der Waals surface area contributed by atoms with Gasteiger partial charge in [-0.05, 0) is 43.3 Å². The minimum atomic E-state index is -3.59. The van der Waals surface area contributed by atoms with Crippen LogP contribution in [0.4, 0.5) is 0 Å². The number of hydrogen-bond donors (Lipinski definition) is 0. The van der Waals surface area contributed by atoms with Crippen LogP contribution in [-0.2, 0) is 10.0 Å².